The molecular formula is C56H71F2N11O3. The van der Waals surface area contributed by atoms with Crippen molar-refractivity contribution < 1.29 is 23.0 Å². The van der Waals surface area contributed by atoms with Crippen molar-refractivity contribution in [2.75, 3.05) is 118 Å². The van der Waals surface area contributed by atoms with Crippen LogP contribution >= 0.6 is 0 Å². The van der Waals surface area contributed by atoms with Crippen LogP contribution in [0.1, 0.15) is 56.2 Å². The topological polar surface area (TPSA) is 139 Å². The molecule has 2 unspecified atom stereocenters. The molecule has 5 N–H and O–H groups in total. The van der Waals surface area contributed by atoms with Gasteiger partial charge in [-0.25, -0.2) is 19.6 Å². The fourth-order valence-corrected chi connectivity index (χ4v) is 11.9. The number of H-pyrrole nitrogens is 1. The van der Waals surface area contributed by atoms with E-state index in [9.17, 15) is 9.18 Å². The molecular weight excluding hydrogens is 913 g/mol. The third kappa shape index (κ3) is 10.7. The van der Waals surface area contributed by atoms with Crippen LogP contribution in [0.15, 0.2) is 91.4 Å². The molecule has 5 aliphatic heterocycles. The number of nitrogens with zero attached hydrogens (tertiary/aromatic N) is 8. The average Bonchev–Trinajstić information content (AvgIpc) is 4.04. The number of hydrogen-bond donors (Lipinski definition) is 3. The number of hydrogen-bond acceptors (Lipinski definition) is 12. The zero-order valence-electron chi connectivity index (χ0n) is 42.0. The monoisotopic (exact) mass is 984 g/mol. The maximum Gasteiger partial charge on any atom is 0.224 e. The van der Waals surface area contributed by atoms with E-state index in [4.69, 9.17) is 26.0 Å². The fourth-order valence-electron chi connectivity index (χ4n) is 11.9. The molecule has 1 amide bonds. The van der Waals surface area contributed by atoms with Gasteiger partial charge in [0, 0.05) is 162 Å². The van der Waals surface area contributed by atoms with Gasteiger partial charge in [-0.2, -0.15) is 0 Å². The van der Waals surface area contributed by atoms with Gasteiger partial charge in [0.2, 0.25) is 5.91 Å². The zero-order valence-corrected chi connectivity index (χ0v) is 42.0. The summed E-state index contributed by atoms with van der Waals surface area (Å²) in [6.45, 7) is 13.2. The number of anilines is 4. The van der Waals surface area contributed by atoms with E-state index in [-0.39, 0.29) is 24.0 Å². The summed E-state index contributed by atoms with van der Waals surface area (Å²) in [5, 5.41) is 2.17. The summed E-state index contributed by atoms with van der Waals surface area (Å²) in [5.74, 6) is 7.69. The number of aryl methyl sites for hydroxylation is 1. The number of aromatic amines is 1. The zero-order chi connectivity index (χ0) is 49.7. The molecule has 2 aromatic heterocycles. The molecule has 0 aliphatic carbocycles. The molecule has 10 rings (SSSR count). The Morgan fingerprint density at radius 1 is 0.847 bits per heavy atom. The van der Waals surface area contributed by atoms with Gasteiger partial charge >= 0.3 is 0 Å². The number of ether oxygens (including phenoxy) is 2. The number of carbonyl (C=O) groups is 1. The first-order chi connectivity index (χ1) is 35.1. The number of piperidine rings is 2. The van der Waals surface area contributed by atoms with Gasteiger partial charge in [0.05, 0.1) is 31.3 Å². The standard InChI is InChI=1S/C56H71F2N11O3/c1-39-32-49-48(36-47(55(58)56(49)62-39)41-6-4-19-66(37-41)54(70)16-23-67(60)25-17-59)46-11-10-43(34-52(46)71-2)65-28-26-63(27-29-65)30-31-72-38-40-13-21-64(22-14-40)44-12-18-61-53(35-44)69-24-15-51-50(69)9-5-20-68(51)45-8-3-7-42(57)33-45/h3,6-8,10-12,17-18,25,32-36,40,50-51,62H,4-5,9,13-16,19-24,26-31,37-38,59-60H2,1-2H3/b25-17-. The molecule has 0 spiro atoms. The van der Waals surface area contributed by atoms with E-state index in [2.05, 4.69) is 59.8 Å². The summed E-state index contributed by atoms with van der Waals surface area (Å²) < 4.78 is 43.0. The van der Waals surface area contributed by atoms with Crippen LogP contribution in [0.25, 0.3) is 27.6 Å². The highest BCUT2D eigenvalue weighted by molar-refractivity contribution is 6.00. The number of methoxy groups -OCH3 is 1. The van der Waals surface area contributed by atoms with Crippen LogP contribution in [0, 0.1) is 24.5 Å². The fraction of sp³-hybridized carbons (Fsp3) is 0.464. The van der Waals surface area contributed by atoms with Gasteiger partial charge in [0.15, 0.2) is 5.82 Å². The predicted octanol–water partition coefficient (Wildman–Crippen LogP) is 7.74. The number of rotatable bonds is 16. The first kappa shape index (κ1) is 49.2. The molecule has 7 heterocycles. The summed E-state index contributed by atoms with van der Waals surface area (Å²) in [6, 6.07) is 22.5. The van der Waals surface area contributed by atoms with E-state index in [0.717, 1.165) is 155 Å². The highest BCUT2D eigenvalue weighted by atomic mass is 19.1. The number of benzene rings is 3. The van der Waals surface area contributed by atoms with Crippen molar-refractivity contribution in [1.82, 2.24) is 24.8 Å². The molecule has 0 bridgehead atoms. The molecule has 16 heteroatoms. The average molecular weight is 984 g/mol. The Morgan fingerprint density at radius 3 is 2.46 bits per heavy atom. The van der Waals surface area contributed by atoms with Crippen molar-refractivity contribution in [2.24, 2.45) is 17.5 Å². The minimum Gasteiger partial charge on any atom is -0.496 e. The number of amides is 1. The second-order valence-corrected chi connectivity index (χ2v) is 20.2. The van der Waals surface area contributed by atoms with Crippen LogP contribution in [0.4, 0.5) is 31.7 Å². The van der Waals surface area contributed by atoms with Crippen molar-refractivity contribution in [1.29, 1.82) is 0 Å². The number of aromatic nitrogens is 2. The summed E-state index contributed by atoms with van der Waals surface area (Å²) >= 11 is 0. The van der Waals surface area contributed by atoms with E-state index < -0.39 is 0 Å². The minimum atomic E-state index is -0.326. The lowest BCUT2D eigenvalue weighted by Crippen LogP contribution is -2.50. The maximum absolute atomic E-state index is 16.4. The molecule has 4 fully saturated rings. The van der Waals surface area contributed by atoms with Gasteiger partial charge in [-0.3, -0.25) is 9.69 Å². The van der Waals surface area contributed by atoms with E-state index in [0.29, 0.717) is 55.1 Å². The van der Waals surface area contributed by atoms with Crippen molar-refractivity contribution in [3.63, 3.8) is 0 Å². The number of halogens is 2. The summed E-state index contributed by atoms with van der Waals surface area (Å²) in [5.41, 5.74) is 13.1. The normalized spacial score (nSPS) is 20.2. The SMILES string of the molecule is COc1cc(N2CCN(CCOCC3CCN(c4ccnc(N5CCC6C5CCCN6c5cccc(F)c5)c4)CC3)CC2)ccc1-c1cc(C2=CCCN(C(=O)CCN(N)/C=C\N)C2)c(F)c2[nH]c(C)cc12. The van der Waals surface area contributed by atoms with Crippen LogP contribution in [0.5, 0.6) is 5.75 Å². The molecule has 14 nitrogen and oxygen atoms in total. The number of carbonyl (C=O) groups excluding carboxylic acids is 1. The maximum atomic E-state index is 16.4. The summed E-state index contributed by atoms with van der Waals surface area (Å²) in [7, 11) is 1.69. The van der Waals surface area contributed by atoms with Crippen LogP contribution in [0.3, 0.4) is 0 Å². The van der Waals surface area contributed by atoms with Crippen molar-refractivity contribution in [3.8, 4) is 16.9 Å². The highest BCUT2D eigenvalue weighted by Gasteiger charge is 2.41. The smallest absolute Gasteiger partial charge is 0.224 e. The van der Waals surface area contributed by atoms with E-state index in [1.807, 2.05) is 43.5 Å². The first-order valence-electron chi connectivity index (χ1n) is 26.1. The van der Waals surface area contributed by atoms with Crippen LogP contribution in [0.2, 0.25) is 0 Å². The third-order valence-corrected chi connectivity index (χ3v) is 15.8. The highest BCUT2D eigenvalue weighted by Crippen LogP contribution is 2.42. The van der Waals surface area contributed by atoms with Gasteiger partial charge in [-0.15, -0.1) is 0 Å². The quantitative estimate of drug-likeness (QED) is 0.0507. The largest absolute Gasteiger partial charge is 0.496 e. The Hall–Kier alpha value is -6.36. The number of piperazine rings is 1. The lowest BCUT2D eigenvalue weighted by atomic mass is 9.92. The number of pyridine rings is 1. The Bertz CT molecular complexity index is 2750. The summed E-state index contributed by atoms with van der Waals surface area (Å²) in [6.07, 6.45) is 13.2. The Morgan fingerprint density at radius 2 is 1.65 bits per heavy atom. The van der Waals surface area contributed by atoms with Crippen LogP contribution in [-0.2, 0) is 9.53 Å². The molecule has 2 atom stereocenters. The number of nitrogens with one attached hydrogen (secondary N) is 1. The predicted molar refractivity (Wildman–Crippen MR) is 284 cm³/mol. The van der Waals surface area contributed by atoms with E-state index >= 15 is 4.39 Å². The Labute approximate surface area is 422 Å². The second kappa shape index (κ2) is 22.2. The van der Waals surface area contributed by atoms with Crippen LogP contribution in [-0.4, -0.2) is 142 Å². The van der Waals surface area contributed by atoms with E-state index in [1.165, 1.54) is 29.2 Å². The van der Waals surface area contributed by atoms with Gasteiger partial charge < -0.3 is 49.7 Å². The number of nitrogens with two attached hydrogens (primary N) is 2. The third-order valence-electron chi connectivity index (χ3n) is 15.8. The molecule has 382 valence electrons. The van der Waals surface area contributed by atoms with E-state index in [1.54, 1.807) is 18.1 Å². The Balaban J connectivity index is 0.694. The number of fused-ring (bicyclic) bond motifs is 2. The molecule has 4 saturated heterocycles. The molecule has 72 heavy (non-hydrogen) atoms. The van der Waals surface area contributed by atoms with Gasteiger partial charge in [-0.05, 0) is 111 Å². The van der Waals surface area contributed by atoms with Crippen molar-refractivity contribution >= 4 is 45.3 Å². The van der Waals surface area contributed by atoms with Gasteiger partial charge in [0.1, 0.15) is 17.4 Å². The lowest BCUT2D eigenvalue weighted by Gasteiger charge is -2.41. The molecule has 5 aromatic rings. The molecule has 3 aromatic carbocycles. The molecule has 0 radical (unpaired) electrons. The van der Waals surface area contributed by atoms with Gasteiger partial charge in [0.25, 0.3) is 0 Å². The van der Waals surface area contributed by atoms with Crippen molar-refractivity contribution in [3.05, 3.63) is 114 Å². The lowest BCUT2D eigenvalue weighted by molar-refractivity contribution is -0.130. The second-order valence-electron chi connectivity index (χ2n) is 20.2. The van der Waals surface area contributed by atoms with Crippen molar-refractivity contribution in [2.45, 2.75) is 64.0 Å². The Kier molecular flexibility index (Phi) is 15.2. The van der Waals surface area contributed by atoms with Crippen LogP contribution < -0.4 is 35.9 Å². The molecule has 0 saturated carbocycles. The first-order valence-corrected chi connectivity index (χ1v) is 26.1. The number of hydrazine groups is 1. The minimum absolute atomic E-state index is 0.0425. The molecule has 5 aliphatic rings. The van der Waals surface area contributed by atoms with Gasteiger partial charge in [-0.1, -0.05) is 12.1 Å². The summed E-state index contributed by atoms with van der Waals surface area (Å²) in [4.78, 5) is 35.4.